The summed E-state index contributed by atoms with van der Waals surface area (Å²) in [6.45, 7) is 0.967. The fraction of sp³-hybridized carbons (Fsp3) is 0.471. The molecule has 1 aromatic heterocycles. The molecule has 0 bridgehead atoms. The van der Waals surface area contributed by atoms with Crippen molar-refractivity contribution in [3.05, 3.63) is 29.7 Å². The predicted octanol–water partition coefficient (Wildman–Crippen LogP) is 1.79. The highest BCUT2D eigenvalue weighted by Crippen LogP contribution is 2.31. The van der Waals surface area contributed by atoms with Crippen molar-refractivity contribution >= 4 is 27.4 Å². The van der Waals surface area contributed by atoms with E-state index in [1.807, 2.05) is 0 Å². The smallest absolute Gasteiger partial charge is 0.277 e. The molecule has 1 aromatic carbocycles. The quantitative estimate of drug-likeness (QED) is 0.520. The van der Waals surface area contributed by atoms with Gasteiger partial charge in [0.25, 0.3) is 5.22 Å². The van der Waals surface area contributed by atoms with Gasteiger partial charge in [0, 0.05) is 12.0 Å². The number of ether oxygens (including phenoxy) is 2. The van der Waals surface area contributed by atoms with Crippen LogP contribution in [0.3, 0.4) is 0 Å². The van der Waals surface area contributed by atoms with Crippen molar-refractivity contribution in [2.45, 2.75) is 18.1 Å². The Hall–Kier alpha value is -2.07. The summed E-state index contributed by atoms with van der Waals surface area (Å²) in [5.74, 6) is 2.10. The van der Waals surface area contributed by atoms with Crippen molar-refractivity contribution in [3.63, 3.8) is 0 Å². The van der Waals surface area contributed by atoms with Crippen LogP contribution < -0.4 is 9.47 Å². The summed E-state index contributed by atoms with van der Waals surface area (Å²) in [5.41, 5.74) is 0.530. The summed E-state index contributed by atoms with van der Waals surface area (Å²) in [6.07, 6.45) is 1.07. The number of hydrogen-bond donors (Lipinski definition) is 0. The lowest BCUT2D eigenvalue weighted by atomic mass is 10.1. The third kappa shape index (κ3) is 4.44. The molecule has 8 nitrogen and oxygen atoms in total. The van der Waals surface area contributed by atoms with Gasteiger partial charge in [0.1, 0.15) is 13.2 Å². The molecule has 2 aliphatic heterocycles. The monoisotopic (exact) mass is 410 g/mol. The Kier molecular flexibility index (Phi) is 5.09. The van der Waals surface area contributed by atoms with E-state index in [1.165, 1.54) is 0 Å². The molecular weight excluding hydrogens is 392 g/mol. The highest BCUT2D eigenvalue weighted by molar-refractivity contribution is 7.99. The lowest BCUT2D eigenvalue weighted by molar-refractivity contribution is 0.102. The minimum absolute atomic E-state index is 0.0210. The summed E-state index contributed by atoms with van der Waals surface area (Å²) in [4.78, 5) is 12.4. The maximum atomic E-state index is 12.4. The molecule has 0 aliphatic carbocycles. The number of carbonyl (C=O) groups is 1. The summed E-state index contributed by atoms with van der Waals surface area (Å²) in [5, 5.41) is 8.19. The molecular formula is C17H18N2O6S2. The Labute approximate surface area is 160 Å². The number of sulfone groups is 1. The van der Waals surface area contributed by atoms with Gasteiger partial charge in [0.2, 0.25) is 5.89 Å². The molecule has 1 atom stereocenters. The molecule has 4 rings (SSSR count). The third-order valence-electron chi connectivity index (χ3n) is 4.43. The van der Waals surface area contributed by atoms with Gasteiger partial charge in [-0.2, -0.15) is 0 Å². The second-order valence-corrected chi connectivity index (χ2v) is 9.66. The van der Waals surface area contributed by atoms with E-state index in [0.29, 0.717) is 54.2 Å². The molecule has 0 spiro atoms. The zero-order valence-electron chi connectivity index (χ0n) is 14.4. The number of thioether (sulfide) groups is 1. The lowest BCUT2D eigenvalue weighted by Crippen LogP contribution is -2.16. The fourth-order valence-electron chi connectivity index (χ4n) is 3.09. The molecule has 2 aromatic rings. The first kappa shape index (κ1) is 18.3. The molecule has 144 valence electrons. The number of aromatic nitrogens is 2. The van der Waals surface area contributed by atoms with Crippen LogP contribution in [0.5, 0.6) is 11.5 Å². The van der Waals surface area contributed by atoms with E-state index in [4.69, 9.17) is 13.9 Å². The van der Waals surface area contributed by atoms with Crippen molar-refractivity contribution in [1.29, 1.82) is 0 Å². The zero-order chi connectivity index (χ0) is 18.9. The van der Waals surface area contributed by atoms with Crippen molar-refractivity contribution in [3.8, 4) is 11.5 Å². The second kappa shape index (κ2) is 7.51. The zero-order valence-corrected chi connectivity index (χ0v) is 16.1. The fourth-order valence-corrected chi connectivity index (χ4v) is 5.62. The van der Waals surface area contributed by atoms with Crippen LogP contribution in [-0.4, -0.2) is 54.9 Å². The molecule has 2 aliphatic rings. The van der Waals surface area contributed by atoms with Gasteiger partial charge in [-0.05, 0) is 30.5 Å². The highest BCUT2D eigenvalue weighted by atomic mass is 32.2. The Bertz CT molecular complexity index is 956. The van der Waals surface area contributed by atoms with Crippen LogP contribution in [0.2, 0.25) is 0 Å². The molecule has 0 amide bonds. The number of hydrogen-bond acceptors (Lipinski definition) is 9. The summed E-state index contributed by atoms with van der Waals surface area (Å²) in [6, 6.07) is 5.11. The van der Waals surface area contributed by atoms with Crippen LogP contribution in [0, 0.1) is 5.92 Å². The van der Waals surface area contributed by atoms with Crippen molar-refractivity contribution in [2.24, 2.45) is 5.92 Å². The average molecular weight is 410 g/mol. The normalized spacial score (nSPS) is 20.5. The molecule has 27 heavy (non-hydrogen) atoms. The Morgan fingerprint density at radius 1 is 1.19 bits per heavy atom. The first-order valence-electron chi connectivity index (χ1n) is 8.57. The molecule has 1 saturated heterocycles. The number of ketones is 1. The number of Topliss-reactive ketones (excluding diaryl/α,β-unsaturated/α-hetero) is 1. The average Bonchev–Trinajstić information content (AvgIpc) is 3.25. The number of rotatable bonds is 6. The van der Waals surface area contributed by atoms with E-state index in [2.05, 4.69) is 10.2 Å². The Balaban J connectivity index is 1.32. The highest BCUT2D eigenvalue weighted by Gasteiger charge is 2.29. The van der Waals surface area contributed by atoms with Crippen molar-refractivity contribution < 1.29 is 27.1 Å². The molecule has 3 heterocycles. The Morgan fingerprint density at radius 2 is 2.00 bits per heavy atom. The maximum absolute atomic E-state index is 12.4. The van der Waals surface area contributed by atoms with Crippen LogP contribution in [0.15, 0.2) is 27.8 Å². The molecule has 0 radical (unpaired) electrons. The van der Waals surface area contributed by atoms with Crippen LogP contribution in [0.25, 0.3) is 0 Å². The topological polar surface area (TPSA) is 109 Å². The van der Waals surface area contributed by atoms with E-state index in [1.54, 1.807) is 18.2 Å². The number of carbonyl (C=O) groups excluding carboxylic acids is 1. The number of fused-ring (bicyclic) bond motifs is 1. The van der Waals surface area contributed by atoms with Gasteiger partial charge in [-0.15, -0.1) is 10.2 Å². The number of benzene rings is 1. The molecule has 10 heteroatoms. The second-order valence-electron chi connectivity index (χ2n) is 6.51. The molecule has 0 unspecified atom stereocenters. The summed E-state index contributed by atoms with van der Waals surface area (Å²) >= 11 is 1.16. The first-order valence-corrected chi connectivity index (χ1v) is 11.4. The van der Waals surface area contributed by atoms with Gasteiger partial charge >= 0.3 is 0 Å². The van der Waals surface area contributed by atoms with Crippen molar-refractivity contribution in [1.82, 2.24) is 10.2 Å². The first-order chi connectivity index (χ1) is 13.0. The van der Waals surface area contributed by atoms with E-state index in [0.717, 1.165) is 11.8 Å². The molecule has 0 saturated carbocycles. The van der Waals surface area contributed by atoms with Crippen LogP contribution in [0.4, 0.5) is 0 Å². The van der Waals surface area contributed by atoms with Gasteiger partial charge < -0.3 is 13.9 Å². The predicted molar refractivity (Wildman–Crippen MR) is 97.2 cm³/mol. The van der Waals surface area contributed by atoms with E-state index >= 15 is 0 Å². The van der Waals surface area contributed by atoms with E-state index in [-0.39, 0.29) is 29.0 Å². The standard InChI is InChI=1S/C17H18N2O6S2/c20-13(12-1-2-14-15(8-12)24-5-4-23-14)9-26-17-19-18-16(25-17)7-11-3-6-27(21,22)10-11/h1-2,8,11H,3-7,9-10H2/t11-/m0/s1. The van der Waals surface area contributed by atoms with E-state index < -0.39 is 9.84 Å². The van der Waals surface area contributed by atoms with Gasteiger partial charge in [-0.3, -0.25) is 4.79 Å². The summed E-state index contributed by atoms with van der Waals surface area (Å²) < 4.78 is 39.5. The van der Waals surface area contributed by atoms with Crippen LogP contribution in [0.1, 0.15) is 22.7 Å². The lowest BCUT2D eigenvalue weighted by Gasteiger charge is -2.18. The van der Waals surface area contributed by atoms with Gasteiger partial charge in [-0.25, -0.2) is 8.42 Å². The van der Waals surface area contributed by atoms with Crippen LogP contribution in [-0.2, 0) is 16.3 Å². The Morgan fingerprint density at radius 3 is 2.78 bits per heavy atom. The van der Waals surface area contributed by atoms with E-state index in [9.17, 15) is 13.2 Å². The largest absolute Gasteiger partial charge is 0.486 e. The van der Waals surface area contributed by atoms with Gasteiger partial charge in [-0.1, -0.05) is 11.8 Å². The third-order valence-corrected chi connectivity index (χ3v) is 7.08. The number of nitrogens with zero attached hydrogens (tertiary/aromatic N) is 2. The van der Waals surface area contributed by atoms with Crippen LogP contribution >= 0.6 is 11.8 Å². The minimum atomic E-state index is -2.93. The molecule has 0 N–H and O–H groups in total. The minimum Gasteiger partial charge on any atom is -0.486 e. The van der Waals surface area contributed by atoms with Gasteiger partial charge in [0.05, 0.1) is 17.3 Å². The SMILES string of the molecule is O=C(CSc1nnc(C[C@@H]2CCS(=O)(=O)C2)o1)c1ccc2c(c1)OCCO2. The maximum Gasteiger partial charge on any atom is 0.277 e. The van der Waals surface area contributed by atoms with Crippen molar-refractivity contribution in [2.75, 3.05) is 30.5 Å². The van der Waals surface area contributed by atoms with Gasteiger partial charge in [0.15, 0.2) is 27.1 Å². The molecule has 1 fully saturated rings. The summed E-state index contributed by atoms with van der Waals surface area (Å²) in [7, 11) is -2.93.